The first kappa shape index (κ1) is 9.77. The van der Waals surface area contributed by atoms with Gasteiger partial charge in [-0.05, 0) is 13.3 Å². The zero-order valence-electron chi connectivity index (χ0n) is 8.20. The van der Waals surface area contributed by atoms with E-state index < -0.39 is 0 Å². The number of esters is 1. The fourth-order valence-corrected chi connectivity index (χ4v) is 1.26. The van der Waals surface area contributed by atoms with Crippen molar-refractivity contribution in [3.8, 4) is 0 Å². The highest BCUT2D eigenvalue weighted by atomic mass is 16.5. The lowest BCUT2D eigenvalue weighted by atomic mass is 10.2. The minimum absolute atomic E-state index is 0.309. The lowest BCUT2D eigenvalue weighted by molar-refractivity contribution is 0.0585. The maximum atomic E-state index is 11.4. The number of carbonyl (C=O) groups excluding carboxylic acids is 1. The van der Waals surface area contributed by atoms with Crippen LogP contribution in [0, 0.1) is 0 Å². The molecule has 1 heterocycles. The first-order chi connectivity index (χ1) is 6.24. The summed E-state index contributed by atoms with van der Waals surface area (Å²) in [5, 5.41) is 4.09. The molecule has 0 unspecified atom stereocenters. The van der Waals surface area contributed by atoms with E-state index in [0.29, 0.717) is 12.2 Å². The predicted octanol–water partition coefficient (Wildman–Crippen LogP) is 1.25. The van der Waals surface area contributed by atoms with Crippen LogP contribution in [0.5, 0.6) is 0 Å². The van der Waals surface area contributed by atoms with E-state index in [4.69, 9.17) is 0 Å². The molecule has 0 radical (unpaired) electrons. The van der Waals surface area contributed by atoms with Gasteiger partial charge in [-0.1, -0.05) is 6.92 Å². The Morgan fingerprint density at radius 1 is 1.62 bits per heavy atom. The summed E-state index contributed by atoms with van der Waals surface area (Å²) in [5.41, 5.74) is 1.52. The minimum atomic E-state index is -0.309. The van der Waals surface area contributed by atoms with E-state index in [1.54, 1.807) is 10.9 Å². The van der Waals surface area contributed by atoms with E-state index >= 15 is 0 Å². The smallest absolute Gasteiger partial charge is 0.356 e. The summed E-state index contributed by atoms with van der Waals surface area (Å²) in [4.78, 5) is 11.4. The Morgan fingerprint density at radius 3 is 2.77 bits per heavy atom. The molecule has 4 nitrogen and oxygen atoms in total. The fraction of sp³-hybridized carbons (Fsp3) is 0.556. The number of rotatable bonds is 3. The average molecular weight is 182 g/mol. The van der Waals surface area contributed by atoms with Gasteiger partial charge in [0.25, 0.3) is 0 Å². The monoisotopic (exact) mass is 182 g/mol. The molecule has 0 saturated carbocycles. The highest BCUT2D eigenvalue weighted by Crippen LogP contribution is 2.10. The number of ether oxygens (including phenoxy) is 1. The number of methoxy groups -OCH3 is 1. The molecule has 0 aliphatic heterocycles. The second-order valence-corrected chi connectivity index (χ2v) is 2.68. The van der Waals surface area contributed by atoms with Crippen molar-refractivity contribution in [2.45, 2.75) is 26.8 Å². The van der Waals surface area contributed by atoms with Gasteiger partial charge in [0.15, 0.2) is 0 Å². The van der Waals surface area contributed by atoms with Crippen molar-refractivity contribution in [1.82, 2.24) is 9.78 Å². The van der Waals surface area contributed by atoms with Crippen LogP contribution in [0.4, 0.5) is 0 Å². The highest BCUT2D eigenvalue weighted by Gasteiger charge is 2.16. The molecule has 0 spiro atoms. The van der Waals surface area contributed by atoms with Crippen LogP contribution in [-0.4, -0.2) is 22.9 Å². The first-order valence-electron chi connectivity index (χ1n) is 4.37. The van der Waals surface area contributed by atoms with E-state index in [2.05, 4.69) is 9.84 Å². The lowest BCUT2D eigenvalue weighted by Gasteiger charge is -2.03. The number of hydrogen-bond acceptors (Lipinski definition) is 3. The molecule has 0 amide bonds. The van der Waals surface area contributed by atoms with Gasteiger partial charge in [0, 0.05) is 12.1 Å². The molecule has 0 aromatic carbocycles. The summed E-state index contributed by atoms with van der Waals surface area (Å²) in [6.45, 7) is 4.62. The molecule has 0 saturated heterocycles. The molecule has 72 valence electrons. The molecule has 0 bridgehead atoms. The molecule has 0 N–H and O–H groups in total. The fourth-order valence-electron chi connectivity index (χ4n) is 1.26. The SMILES string of the molecule is CCc1cnn(CC)c1C(=O)OC. The normalized spacial score (nSPS) is 10.1. The highest BCUT2D eigenvalue weighted by molar-refractivity contribution is 5.89. The number of hydrogen-bond donors (Lipinski definition) is 0. The Morgan fingerprint density at radius 2 is 2.31 bits per heavy atom. The van der Waals surface area contributed by atoms with Crippen LogP contribution < -0.4 is 0 Å². The van der Waals surface area contributed by atoms with Crippen LogP contribution in [0.1, 0.15) is 29.9 Å². The van der Waals surface area contributed by atoms with E-state index in [0.717, 1.165) is 12.0 Å². The third-order valence-corrected chi connectivity index (χ3v) is 1.97. The lowest BCUT2D eigenvalue weighted by Crippen LogP contribution is -2.12. The molecule has 0 aliphatic carbocycles. The van der Waals surface area contributed by atoms with Gasteiger partial charge >= 0.3 is 5.97 Å². The van der Waals surface area contributed by atoms with E-state index in [1.807, 2.05) is 13.8 Å². The molecule has 1 aromatic heterocycles. The maximum Gasteiger partial charge on any atom is 0.356 e. The standard InChI is InChI=1S/C9H14N2O2/c1-4-7-6-10-11(5-2)8(7)9(12)13-3/h6H,4-5H2,1-3H3. The van der Waals surface area contributed by atoms with Gasteiger partial charge in [0.1, 0.15) is 5.69 Å². The number of aryl methyl sites for hydroxylation is 2. The topological polar surface area (TPSA) is 44.1 Å². The zero-order valence-corrected chi connectivity index (χ0v) is 8.20. The molecular formula is C9H14N2O2. The quantitative estimate of drug-likeness (QED) is 0.661. The van der Waals surface area contributed by atoms with Crippen molar-refractivity contribution in [2.24, 2.45) is 0 Å². The molecular weight excluding hydrogens is 168 g/mol. The summed E-state index contributed by atoms with van der Waals surface area (Å²) in [7, 11) is 1.38. The Bertz CT molecular complexity index is 283. The second kappa shape index (κ2) is 4.07. The van der Waals surface area contributed by atoms with Crippen molar-refractivity contribution in [3.05, 3.63) is 17.5 Å². The molecule has 0 fully saturated rings. The maximum absolute atomic E-state index is 11.4. The Balaban J connectivity index is 3.12. The van der Waals surface area contributed by atoms with Crippen molar-refractivity contribution < 1.29 is 9.53 Å². The summed E-state index contributed by atoms with van der Waals surface area (Å²) in [6, 6.07) is 0. The van der Waals surface area contributed by atoms with Crippen LogP contribution in [0.25, 0.3) is 0 Å². The number of aromatic nitrogens is 2. The van der Waals surface area contributed by atoms with E-state index in [1.165, 1.54) is 7.11 Å². The van der Waals surface area contributed by atoms with Crippen LogP contribution in [0.2, 0.25) is 0 Å². The predicted molar refractivity (Wildman–Crippen MR) is 48.6 cm³/mol. The summed E-state index contributed by atoms with van der Waals surface area (Å²) >= 11 is 0. The van der Waals surface area contributed by atoms with E-state index in [9.17, 15) is 4.79 Å². The summed E-state index contributed by atoms with van der Waals surface area (Å²) in [6.07, 6.45) is 2.51. The van der Waals surface area contributed by atoms with Crippen molar-refractivity contribution >= 4 is 5.97 Å². The van der Waals surface area contributed by atoms with Gasteiger partial charge < -0.3 is 4.74 Å². The van der Waals surface area contributed by atoms with Crippen LogP contribution >= 0.6 is 0 Å². The van der Waals surface area contributed by atoms with Crippen LogP contribution in [0.3, 0.4) is 0 Å². The van der Waals surface area contributed by atoms with Gasteiger partial charge in [-0.3, -0.25) is 4.68 Å². The number of nitrogens with zero attached hydrogens (tertiary/aromatic N) is 2. The molecule has 1 aromatic rings. The first-order valence-corrected chi connectivity index (χ1v) is 4.37. The van der Waals surface area contributed by atoms with Gasteiger partial charge in [0.05, 0.1) is 13.3 Å². The van der Waals surface area contributed by atoms with Crippen molar-refractivity contribution in [1.29, 1.82) is 0 Å². The Kier molecular flexibility index (Phi) is 3.06. The third kappa shape index (κ3) is 1.71. The van der Waals surface area contributed by atoms with E-state index in [-0.39, 0.29) is 5.97 Å². The average Bonchev–Trinajstić information content (AvgIpc) is 2.59. The van der Waals surface area contributed by atoms with Gasteiger partial charge in [-0.25, -0.2) is 4.79 Å². The summed E-state index contributed by atoms with van der Waals surface area (Å²) < 4.78 is 6.34. The molecule has 0 aliphatic rings. The van der Waals surface area contributed by atoms with Gasteiger partial charge in [-0.15, -0.1) is 0 Å². The minimum Gasteiger partial charge on any atom is -0.464 e. The van der Waals surface area contributed by atoms with Gasteiger partial charge in [0.2, 0.25) is 0 Å². The van der Waals surface area contributed by atoms with Crippen molar-refractivity contribution in [2.75, 3.05) is 7.11 Å². The Labute approximate surface area is 77.5 Å². The summed E-state index contributed by atoms with van der Waals surface area (Å²) in [5.74, 6) is -0.309. The van der Waals surface area contributed by atoms with Crippen LogP contribution in [-0.2, 0) is 17.7 Å². The van der Waals surface area contributed by atoms with Crippen molar-refractivity contribution in [3.63, 3.8) is 0 Å². The van der Waals surface area contributed by atoms with Crippen LogP contribution in [0.15, 0.2) is 6.20 Å². The molecule has 4 heteroatoms. The molecule has 0 atom stereocenters. The Hall–Kier alpha value is -1.32. The zero-order chi connectivity index (χ0) is 9.84. The molecule has 1 rings (SSSR count). The second-order valence-electron chi connectivity index (χ2n) is 2.68. The largest absolute Gasteiger partial charge is 0.464 e. The third-order valence-electron chi connectivity index (χ3n) is 1.97. The number of carbonyl (C=O) groups is 1. The van der Waals surface area contributed by atoms with Gasteiger partial charge in [-0.2, -0.15) is 5.10 Å². The molecule has 13 heavy (non-hydrogen) atoms.